The number of carbonyl (C=O) groups excluding carboxylic acids is 1. The molecule has 2 aliphatic rings. The van der Waals surface area contributed by atoms with Crippen molar-refractivity contribution in [3.8, 4) is 0 Å². The van der Waals surface area contributed by atoms with Gasteiger partial charge < -0.3 is 9.42 Å². The maximum atomic E-state index is 12.3. The first-order valence-electron chi connectivity index (χ1n) is 9.87. The first kappa shape index (κ1) is 18.6. The normalized spacial score (nSPS) is 22.7. The molecule has 0 radical (unpaired) electrons. The molecule has 27 heavy (non-hydrogen) atoms. The molecule has 1 aliphatic heterocycles. The minimum Gasteiger partial charge on any atom is -0.338 e. The molecule has 2 aromatic rings. The Kier molecular flexibility index (Phi) is 5.07. The molecule has 1 aliphatic carbocycles. The summed E-state index contributed by atoms with van der Waals surface area (Å²) in [5, 5.41) is 8.25. The highest BCUT2D eigenvalue weighted by Crippen LogP contribution is 2.57. The minimum absolute atomic E-state index is 0.155. The van der Waals surface area contributed by atoms with Gasteiger partial charge in [-0.3, -0.25) is 9.69 Å². The van der Waals surface area contributed by atoms with Gasteiger partial charge in [-0.1, -0.05) is 12.1 Å². The van der Waals surface area contributed by atoms with E-state index in [1.165, 1.54) is 5.56 Å². The van der Waals surface area contributed by atoms with E-state index in [9.17, 15) is 4.79 Å². The van der Waals surface area contributed by atoms with Crippen LogP contribution in [0.3, 0.4) is 0 Å². The molecule has 1 saturated heterocycles. The van der Waals surface area contributed by atoms with E-state index in [-0.39, 0.29) is 11.9 Å². The second-order valence-corrected chi connectivity index (χ2v) is 8.76. The lowest BCUT2D eigenvalue weighted by Crippen LogP contribution is -2.41. The van der Waals surface area contributed by atoms with Crippen molar-refractivity contribution in [2.75, 3.05) is 13.1 Å². The van der Waals surface area contributed by atoms with E-state index in [0.29, 0.717) is 11.5 Å². The molecule has 0 aromatic carbocycles. The second-order valence-electron chi connectivity index (χ2n) is 7.98. The molecule has 2 atom stereocenters. The Morgan fingerprint density at radius 3 is 2.85 bits per heavy atom. The topological polar surface area (TPSA) is 62.5 Å². The number of aromatic nitrogens is 2. The molecule has 146 valence electrons. The van der Waals surface area contributed by atoms with Crippen LogP contribution in [0, 0.1) is 5.41 Å². The van der Waals surface area contributed by atoms with Crippen molar-refractivity contribution in [3.05, 3.63) is 34.1 Å². The Morgan fingerprint density at radius 2 is 2.26 bits per heavy atom. The van der Waals surface area contributed by atoms with Crippen molar-refractivity contribution < 1.29 is 9.32 Å². The molecule has 3 heterocycles. The van der Waals surface area contributed by atoms with Crippen LogP contribution in [-0.4, -0.2) is 45.0 Å². The SMILES string of the molecule is CCc1noc([C@H](C)N2CCC3(CC2)C[C@H]3N(Cc2ccsc2)C(C)=O)n1. The highest BCUT2D eigenvalue weighted by atomic mass is 32.1. The number of amides is 1. The van der Waals surface area contributed by atoms with Gasteiger partial charge in [-0.15, -0.1) is 0 Å². The predicted molar refractivity (Wildman–Crippen MR) is 104 cm³/mol. The Morgan fingerprint density at radius 1 is 1.48 bits per heavy atom. The summed E-state index contributed by atoms with van der Waals surface area (Å²) in [4.78, 5) is 21.3. The van der Waals surface area contributed by atoms with E-state index in [2.05, 4.69) is 43.7 Å². The van der Waals surface area contributed by atoms with Crippen molar-refractivity contribution in [2.45, 2.75) is 65.1 Å². The van der Waals surface area contributed by atoms with E-state index in [0.717, 1.165) is 57.0 Å². The molecule has 0 unspecified atom stereocenters. The van der Waals surface area contributed by atoms with Gasteiger partial charge >= 0.3 is 0 Å². The van der Waals surface area contributed by atoms with Crippen LogP contribution in [-0.2, 0) is 17.8 Å². The number of rotatable bonds is 6. The molecular weight excluding hydrogens is 360 g/mol. The van der Waals surface area contributed by atoms with E-state index in [1.54, 1.807) is 18.3 Å². The van der Waals surface area contributed by atoms with E-state index >= 15 is 0 Å². The van der Waals surface area contributed by atoms with Crippen LogP contribution in [0.1, 0.15) is 63.4 Å². The van der Waals surface area contributed by atoms with Gasteiger partial charge in [0.05, 0.1) is 6.04 Å². The molecule has 4 rings (SSSR count). The average molecular weight is 389 g/mol. The van der Waals surface area contributed by atoms with E-state index in [1.807, 2.05) is 6.92 Å². The molecule has 1 saturated carbocycles. The number of hydrogen-bond donors (Lipinski definition) is 0. The molecule has 0 bridgehead atoms. The number of likely N-dealkylation sites (tertiary alicyclic amines) is 1. The molecule has 2 aromatic heterocycles. The number of aryl methyl sites for hydroxylation is 1. The summed E-state index contributed by atoms with van der Waals surface area (Å²) < 4.78 is 5.43. The van der Waals surface area contributed by atoms with Gasteiger partial charge in [-0.2, -0.15) is 16.3 Å². The third-order valence-electron chi connectivity index (χ3n) is 6.36. The van der Waals surface area contributed by atoms with Gasteiger partial charge in [0.1, 0.15) is 0 Å². The summed E-state index contributed by atoms with van der Waals surface area (Å²) in [6.45, 7) is 8.67. The summed E-state index contributed by atoms with van der Waals surface area (Å²) >= 11 is 1.69. The lowest BCUT2D eigenvalue weighted by atomic mass is 9.91. The average Bonchev–Trinajstić information content (AvgIpc) is 3.08. The second kappa shape index (κ2) is 7.36. The fourth-order valence-corrected chi connectivity index (χ4v) is 5.08. The first-order valence-corrected chi connectivity index (χ1v) is 10.8. The number of hydrogen-bond acceptors (Lipinski definition) is 6. The summed E-state index contributed by atoms with van der Waals surface area (Å²) in [6, 6.07) is 2.67. The van der Waals surface area contributed by atoms with Crippen LogP contribution in [0.4, 0.5) is 0 Å². The molecule has 7 heteroatoms. The van der Waals surface area contributed by atoms with Crippen molar-refractivity contribution >= 4 is 17.2 Å². The zero-order valence-electron chi connectivity index (χ0n) is 16.4. The molecule has 1 spiro atoms. The maximum absolute atomic E-state index is 12.3. The van der Waals surface area contributed by atoms with Crippen molar-refractivity contribution in [3.63, 3.8) is 0 Å². The van der Waals surface area contributed by atoms with E-state index in [4.69, 9.17) is 4.52 Å². The minimum atomic E-state index is 0.155. The van der Waals surface area contributed by atoms with Crippen molar-refractivity contribution in [2.24, 2.45) is 5.41 Å². The van der Waals surface area contributed by atoms with Gasteiger partial charge in [-0.05, 0) is 67.1 Å². The predicted octanol–water partition coefficient (Wildman–Crippen LogP) is 3.66. The number of carbonyl (C=O) groups is 1. The largest absolute Gasteiger partial charge is 0.338 e. The monoisotopic (exact) mass is 388 g/mol. The molecule has 1 amide bonds. The lowest BCUT2D eigenvalue weighted by Gasteiger charge is -2.36. The molecule has 6 nitrogen and oxygen atoms in total. The van der Waals surface area contributed by atoms with Crippen molar-refractivity contribution in [1.82, 2.24) is 19.9 Å². The maximum Gasteiger partial charge on any atom is 0.243 e. The number of piperidine rings is 1. The Hall–Kier alpha value is -1.73. The van der Waals surface area contributed by atoms with Crippen LogP contribution in [0.2, 0.25) is 0 Å². The summed E-state index contributed by atoms with van der Waals surface area (Å²) in [5.74, 6) is 1.69. The quantitative estimate of drug-likeness (QED) is 0.756. The third-order valence-corrected chi connectivity index (χ3v) is 7.09. The summed E-state index contributed by atoms with van der Waals surface area (Å²) in [5.41, 5.74) is 1.55. The Labute approximate surface area is 164 Å². The van der Waals surface area contributed by atoms with Gasteiger partial charge in [0.25, 0.3) is 0 Å². The Bertz CT molecular complexity index is 780. The smallest absolute Gasteiger partial charge is 0.243 e. The zero-order chi connectivity index (χ0) is 19.0. The van der Waals surface area contributed by atoms with Crippen LogP contribution in [0.25, 0.3) is 0 Å². The van der Waals surface area contributed by atoms with E-state index < -0.39 is 0 Å². The highest BCUT2D eigenvalue weighted by molar-refractivity contribution is 7.07. The van der Waals surface area contributed by atoms with Crippen LogP contribution >= 0.6 is 11.3 Å². The fourth-order valence-electron chi connectivity index (χ4n) is 4.42. The van der Waals surface area contributed by atoms with Crippen LogP contribution in [0.15, 0.2) is 21.3 Å². The summed E-state index contributed by atoms with van der Waals surface area (Å²) in [7, 11) is 0. The zero-order valence-corrected chi connectivity index (χ0v) is 17.2. The van der Waals surface area contributed by atoms with Gasteiger partial charge in [0, 0.05) is 25.9 Å². The lowest BCUT2D eigenvalue weighted by molar-refractivity contribution is -0.130. The number of nitrogens with zero attached hydrogens (tertiary/aromatic N) is 4. The van der Waals surface area contributed by atoms with Crippen LogP contribution < -0.4 is 0 Å². The Balaban J connectivity index is 1.36. The highest BCUT2D eigenvalue weighted by Gasteiger charge is 2.58. The molecule has 2 fully saturated rings. The first-order chi connectivity index (χ1) is 13.0. The standard InChI is InChI=1S/C20H28N4O2S/c1-4-18-21-19(26-22-18)14(2)23-8-6-20(7-9-23)11-17(20)24(15(3)25)12-16-5-10-27-13-16/h5,10,13-14,17H,4,6-9,11-12H2,1-3H3/t14-,17+/m0/s1. The third kappa shape index (κ3) is 3.67. The van der Waals surface area contributed by atoms with Gasteiger partial charge in [0.15, 0.2) is 5.82 Å². The van der Waals surface area contributed by atoms with Gasteiger partial charge in [-0.25, -0.2) is 0 Å². The molecule has 0 N–H and O–H groups in total. The van der Waals surface area contributed by atoms with Gasteiger partial charge in [0.2, 0.25) is 11.8 Å². The van der Waals surface area contributed by atoms with Crippen LogP contribution in [0.5, 0.6) is 0 Å². The number of thiophene rings is 1. The molecular formula is C20H28N4O2S. The summed E-state index contributed by atoms with van der Waals surface area (Å²) in [6.07, 6.45) is 4.19. The fraction of sp³-hybridized carbons (Fsp3) is 0.650. The van der Waals surface area contributed by atoms with Crippen molar-refractivity contribution in [1.29, 1.82) is 0 Å².